The van der Waals surface area contributed by atoms with Crippen molar-refractivity contribution in [2.45, 2.75) is 42.4 Å². The summed E-state index contributed by atoms with van der Waals surface area (Å²) < 4.78 is 33.2. The number of carbonyl (C=O) groups excluding carboxylic acids is 1. The summed E-state index contributed by atoms with van der Waals surface area (Å²) in [5.41, 5.74) is 0.547. The molecule has 162 valence electrons. The lowest BCUT2D eigenvalue weighted by atomic mass is 9.97. The lowest BCUT2D eigenvalue weighted by Crippen LogP contribution is -2.51. The Labute approximate surface area is 181 Å². The Morgan fingerprint density at radius 1 is 1.10 bits per heavy atom. The number of halogens is 1. The number of hydrogen-bond acceptors (Lipinski definition) is 5. The first kappa shape index (κ1) is 22.7. The van der Waals surface area contributed by atoms with Gasteiger partial charge in [-0.1, -0.05) is 41.9 Å². The average Bonchev–Trinajstić information content (AvgIpc) is 2.75. The number of rotatable bonds is 8. The predicted molar refractivity (Wildman–Crippen MR) is 114 cm³/mol. The molecular formula is C21H25ClN2O5S. The van der Waals surface area contributed by atoms with Crippen LogP contribution in [0.15, 0.2) is 59.5 Å². The summed E-state index contributed by atoms with van der Waals surface area (Å²) in [6.45, 7) is -0.0565. The molecule has 0 unspecified atom stereocenters. The second-order valence-corrected chi connectivity index (χ2v) is 9.26. The standard InChI is InChI=1S/C21H25ClN2O5S/c22-17-8-4-5-9-20(17)30(27,28)23-13-12-16-10-11-18(19(14-25)29-16)24-21(26)15-6-2-1-3-7-15/h1-9,16,18-19,23,25H,10-14H2,(H,24,26)/t16-,18-,19+/m1/s1. The fourth-order valence-corrected chi connectivity index (χ4v) is 5.01. The van der Waals surface area contributed by atoms with E-state index < -0.39 is 16.1 Å². The molecule has 3 N–H and O–H groups in total. The summed E-state index contributed by atoms with van der Waals surface area (Å²) in [6, 6.07) is 14.8. The number of sulfonamides is 1. The van der Waals surface area contributed by atoms with Gasteiger partial charge in [-0.25, -0.2) is 13.1 Å². The van der Waals surface area contributed by atoms with E-state index >= 15 is 0 Å². The minimum absolute atomic E-state index is 0.0353. The van der Waals surface area contributed by atoms with Crippen LogP contribution in [0.1, 0.15) is 29.6 Å². The molecule has 1 heterocycles. The van der Waals surface area contributed by atoms with Gasteiger partial charge < -0.3 is 15.2 Å². The second kappa shape index (κ2) is 10.4. The zero-order valence-electron chi connectivity index (χ0n) is 16.3. The molecular weight excluding hydrogens is 428 g/mol. The lowest BCUT2D eigenvalue weighted by Gasteiger charge is -2.36. The van der Waals surface area contributed by atoms with Gasteiger partial charge in [0, 0.05) is 12.1 Å². The molecule has 1 aliphatic heterocycles. The van der Waals surface area contributed by atoms with Gasteiger partial charge in [0.15, 0.2) is 0 Å². The van der Waals surface area contributed by atoms with Crippen molar-refractivity contribution in [3.8, 4) is 0 Å². The van der Waals surface area contributed by atoms with Crippen molar-refractivity contribution < 1.29 is 23.1 Å². The van der Waals surface area contributed by atoms with Crippen LogP contribution in [-0.2, 0) is 14.8 Å². The van der Waals surface area contributed by atoms with E-state index in [0.717, 1.165) is 0 Å². The molecule has 0 saturated carbocycles. The molecule has 3 rings (SSSR count). The van der Waals surface area contributed by atoms with Gasteiger partial charge in [0.25, 0.3) is 5.91 Å². The lowest BCUT2D eigenvalue weighted by molar-refractivity contribution is -0.0891. The molecule has 0 spiro atoms. The molecule has 0 bridgehead atoms. The molecule has 2 aromatic rings. The van der Waals surface area contributed by atoms with Crippen LogP contribution in [0.2, 0.25) is 5.02 Å². The molecule has 30 heavy (non-hydrogen) atoms. The van der Waals surface area contributed by atoms with E-state index in [1.807, 2.05) is 6.07 Å². The number of nitrogens with one attached hydrogen (secondary N) is 2. The molecule has 0 aromatic heterocycles. The van der Waals surface area contributed by atoms with Crippen molar-refractivity contribution in [2.24, 2.45) is 0 Å². The summed E-state index contributed by atoms with van der Waals surface area (Å²) in [5, 5.41) is 12.8. The maximum absolute atomic E-state index is 12.4. The highest BCUT2D eigenvalue weighted by molar-refractivity contribution is 7.89. The number of carbonyl (C=O) groups is 1. The Kier molecular flexibility index (Phi) is 7.85. The van der Waals surface area contributed by atoms with Crippen LogP contribution >= 0.6 is 11.6 Å². The van der Waals surface area contributed by atoms with Gasteiger partial charge in [-0.05, 0) is 43.5 Å². The average molecular weight is 453 g/mol. The van der Waals surface area contributed by atoms with E-state index in [0.29, 0.717) is 24.8 Å². The van der Waals surface area contributed by atoms with Crippen molar-refractivity contribution in [1.29, 1.82) is 0 Å². The topological polar surface area (TPSA) is 105 Å². The van der Waals surface area contributed by atoms with Gasteiger partial charge in [0.2, 0.25) is 10.0 Å². The third kappa shape index (κ3) is 5.80. The summed E-state index contributed by atoms with van der Waals surface area (Å²) in [6.07, 6.45) is 0.951. The minimum atomic E-state index is -3.71. The SMILES string of the molecule is O=C(N[C@@H]1CC[C@H](CCNS(=O)(=O)c2ccccc2Cl)O[C@H]1CO)c1ccccc1. The largest absolute Gasteiger partial charge is 0.394 e. The third-order valence-corrected chi connectivity index (χ3v) is 6.99. The van der Waals surface area contributed by atoms with Crippen molar-refractivity contribution in [2.75, 3.05) is 13.2 Å². The minimum Gasteiger partial charge on any atom is -0.394 e. The highest BCUT2D eigenvalue weighted by Crippen LogP contribution is 2.23. The van der Waals surface area contributed by atoms with E-state index in [-0.39, 0.29) is 41.1 Å². The molecule has 1 saturated heterocycles. The Bertz CT molecular complexity index is 955. The highest BCUT2D eigenvalue weighted by atomic mass is 35.5. The van der Waals surface area contributed by atoms with Crippen molar-refractivity contribution in [3.63, 3.8) is 0 Å². The summed E-state index contributed by atoms with van der Waals surface area (Å²) in [7, 11) is -3.71. The van der Waals surface area contributed by atoms with Gasteiger partial charge >= 0.3 is 0 Å². The van der Waals surface area contributed by atoms with Crippen molar-refractivity contribution in [1.82, 2.24) is 10.0 Å². The zero-order valence-corrected chi connectivity index (χ0v) is 17.9. The first-order chi connectivity index (χ1) is 14.4. The number of aliphatic hydroxyl groups is 1. The number of aliphatic hydroxyl groups excluding tert-OH is 1. The molecule has 0 radical (unpaired) electrons. The summed E-state index contributed by atoms with van der Waals surface area (Å²) in [4.78, 5) is 12.4. The number of amides is 1. The Morgan fingerprint density at radius 2 is 1.80 bits per heavy atom. The first-order valence-corrected chi connectivity index (χ1v) is 11.6. The number of ether oxygens (including phenoxy) is 1. The van der Waals surface area contributed by atoms with Crippen molar-refractivity contribution in [3.05, 3.63) is 65.2 Å². The summed E-state index contributed by atoms with van der Waals surface area (Å²) in [5.74, 6) is -0.214. The predicted octanol–water partition coefficient (Wildman–Crippen LogP) is 2.35. The van der Waals surface area contributed by atoms with E-state index in [1.165, 1.54) is 12.1 Å². The number of hydrogen-bond donors (Lipinski definition) is 3. The molecule has 1 amide bonds. The van der Waals surface area contributed by atoms with Crippen LogP contribution in [0, 0.1) is 0 Å². The fraction of sp³-hybridized carbons (Fsp3) is 0.381. The molecule has 0 aliphatic carbocycles. The maximum atomic E-state index is 12.4. The van der Waals surface area contributed by atoms with Gasteiger partial charge in [-0.2, -0.15) is 0 Å². The Morgan fingerprint density at radius 3 is 2.50 bits per heavy atom. The quantitative estimate of drug-likeness (QED) is 0.570. The van der Waals surface area contributed by atoms with Crippen molar-refractivity contribution >= 4 is 27.5 Å². The van der Waals surface area contributed by atoms with Crippen LogP contribution in [0.4, 0.5) is 0 Å². The Balaban J connectivity index is 1.50. The maximum Gasteiger partial charge on any atom is 0.251 e. The van der Waals surface area contributed by atoms with Gasteiger partial charge in [-0.3, -0.25) is 4.79 Å². The highest BCUT2D eigenvalue weighted by Gasteiger charge is 2.32. The second-order valence-electron chi connectivity index (χ2n) is 7.12. The molecule has 7 nitrogen and oxygen atoms in total. The summed E-state index contributed by atoms with van der Waals surface area (Å²) >= 11 is 5.97. The van der Waals surface area contributed by atoms with E-state index in [2.05, 4.69) is 10.0 Å². The molecule has 2 aromatic carbocycles. The third-order valence-electron chi connectivity index (χ3n) is 5.03. The monoisotopic (exact) mass is 452 g/mol. The van der Waals surface area contributed by atoms with E-state index in [9.17, 15) is 18.3 Å². The van der Waals surface area contributed by atoms with Gasteiger partial charge in [-0.15, -0.1) is 0 Å². The fourth-order valence-electron chi connectivity index (χ4n) is 3.45. The molecule has 9 heteroatoms. The van der Waals surface area contributed by atoms with Crippen LogP contribution in [0.5, 0.6) is 0 Å². The first-order valence-electron chi connectivity index (χ1n) is 9.77. The van der Waals surface area contributed by atoms with Crippen LogP contribution in [-0.4, -0.2) is 50.8 Å². The van der Waals surface area contributed by atoms with Gasteiger partial charge in [0.1, 0.15) is 11.0 Å². The van der Waals surface area contributed by atoms with Crippen LogP contribution in [0.3, 0.4) is 0 Å². The number of benzene rings is 2. The van der Waals surface area contributed by atoms with Crippen LogP contribution < -0.4 is 10.0 Å². The smallest absolute Gasteiger partial charge is 0.251 e. The van der Waals surface area contributed by atoms with Gasteiger partial charge in [0.05, 0.1) is 23.8 Å². The van der Waals surface area contributed by atoms with Crippen LogP contribution in [0.25, 0.3) is 0 Å². The Hall–Kier alpha value is -1.97. The molecule has 1 fully saturated rings. The van der Waals surface area contributed by atoms with E-state index in [4.69, 9.17) is 16.3 Å². The normalized spacial score (nSPS) is 21.9. The molecule has 1 aliphatic rings. The zero-order chi connectivity index (χ0) is 21.6. The van der Waals surface area contributed by atoms with E-state index in [1.54, 1.807) is 36.4 Å². The molecule has 3 atom stereocenters.